The monoisotopic (exact) mass is 524 g/mol. The summed E-state index contributed by atoms with van der Waals surface area (Å²) in [6.45, 7) is 3.13. The summed E-state index contributed by atoms with van der Waals surface area (Å²) < 4.78 is 18.9. The predicted octanol–water partition coefficient (Wildman–Crippen LogP) is 5.87. The first-order valence-electron chi connectivity index (χ1n) is 11.8. The minimum absolute atomic E-state index is 0.124. The molecule has 2 atom stereocenters. The van der Waals surface area contributed by atoms with E-state index in [1.165, 1.54) is 24.3 Å². The number of carbonyl (C=O) groups excluding carboxylic acids is 2. The molecule has 37 heavy (non-hydrogen) atoms. The summed E-state index contributed by atoms with van der Waals surface area (Å²) in [5, 5.41) is 9.59. The lowest BCUT2D eigenvalue weighted by Crippen LogP contribution is -2.47. The van der Waals surface area contributed by atoms with Gasteiger partial charge in [0.2, 0.25) is 5.91 Å². The first-order valence-corrected chi connectivity index (χ1v) is 12.2. The van der Waals surface area contributed by atoms with Gasteiger partial charge in [0.25, 0.3) is 5.91 Å². The van der Waals surface area contributed by atoms with E-state index >= 15 is 0 Å². The van der Waals surface area contributed by atoms with Crippen molar-refractivity contribution < 1.29 is 28.6 Å². The van der Waals surface area contributed by atoms with Gasteiger partial charge in [0.05, 0.1) is 6.04 Å². The fourth-order valence-electron chi connectivity index (χ4n) is 4.60. The molecule has 2 amide bonds. The molecule has 2 unspecified atom stereocenters. The molecule has 0 aliphatic carbocycles. The Bertz CT molecular complexity index is 1310. The number of aliphatic carboxylic acids is 1. The minimum Gasteiger partial charge on any atom is -0.482 e. The summed E-state index contributed by atoms with van der Waals surface area (Å²) in [4.78, 5) is 41.2. The number of hydrogen-bond donors (Lipinski definition) is 1. The Labute approximate surface area is 219 Å². The maximum absolute atomic E-state index is 13.6. The zero-order valence-electron chi connectivity index (χ0n) is 20.4. The number of hydrogen-bond acceptors (Lipinski definition) is 4. The largest absolute Gasteiger partial charge is 0.482 e. The zero-order valence-corrected chi connectivity index (χ0v) is 21.1. The first-order chi connectivity index (χ1) is 17.7. The van der Waals surface area contributed by atoms with Gasteiger partial charge in [0, 0.05) is 40.0 Å². The van der Waals surface area contributed by atoms with Crippen molar-refractivity contribution in [2.24, 2.45) is 0 Å². The number of ether oxygens (including phenoxy) is 1. The molecule has 0 bridgehead atoms. The second kappa shape index (κ2) is 11.0. The van der Waals surface area contributed by atoms with E-state index in [-0.39, 0.29) is 24.3 Å². The molecule has 0 saturated carbocycles. The van der Waals surface area contributed by atoms with Gasteiger partial charge in [-0.1, -0.05) is 18.5 Å². The number of nitrogens with zero attached hydrogens (tertiary/aromatic N) is 2. The van der Waals surface area contributed by atoms with Crippen molar-refractivity contribution in [3.63, 3.8) is 0 Å². The molecular weight excluding hydrogens is 499 g/mol. The van der Waals surface area contributed by atoms with E-state index in [0.29, 0.717) is 39.7 Å². The highest BCUT2D eigenvalue weighted by molar-refractivity contribution is 6.30. The van der Waals surface area contributed by atoms with Crippen LogP contribution in [0.4, 0.5) is 15.8 Å². The van der Waals surface area contributed by atoms with Crippen LogP contribution in [-0.2, 0) is 9.59 Å². The molecule has 1 aliphatic heterocycles. The van der Waals surface area contributed by atoms with Gasteiger partial charge in [-0.25, -0.2) is 9.18 Å². The van der Waals surface area contributed by atoms with Crippen LogP contribution in [0.5, 0.6) is 5.75 Å². The second-order valence-electron chi connectivity index (χ2n) is 8.78. The van der Waals surface area contributed by atoms with Crippen molar-refractivity contribution in [1.29, 1.82) is 0 Å². The quantitative estimate of drug-likeness (QED) is 0.418. The Balaban J connectivity index is 1.84. The Morgan fingerprint density at radius 3 is 2.38 bits per heavy atom. The number of carboxylic acid groups (broad SMARTS) is 1. The molecule has 4 rings (SSSR count). The van der Waals surface area contributed by atoms with Gasteiger partial charge in [-0.05, 0) is 80.1 Å². The lowest BCUT2D eigenvalue weighted by molar-refractivity contribution is -0.139. The van der Waals surface area contributed by atoms with E-state index < -0.39 is 24.4 Å². The smallest absolute Gasteiger partial charge is 0.341 e. The molecule has 7 nitrogen and oxygen atoms in total. The van der Waals surface area contributed by atoms with Crippen molar-refractivity contribution in [3.8, 4) is 5.75 Å². The Morgan fingerprint density at radius 1 is 1.08 bits per heavy atom. The van der Waals surface area contributed by atoms with Crippen LogP contribution >= 0.6 is 11.6 Å². The molecule has 0 saturated heterocycles. The standard InChI is InChI=1S/C28H26ClFN2O5/c1-3-26(33)32(21-10-6-19(29)7-11-21)25-14-17(2)31(28(36)18-4-8-20(30)9-5-18)24-13-12-22(15-23(24)25)37-16-27(34)35/h4-13,15,17,25H,3,14,16H2,1-2H3,(H,34,35). The molecule has 1 aliphatic rings. The molecule has 192 valence electrons. The molecule has 1 heterocycles. The first kappa shape index (κ1) is 26.2. The maximum Gasteiger partial charge on any atom is 0.341 e. The third-order valence-electron chi connectivity index (χ3n) is 6.28. The number of halogens is 2. The average molecular weight is 525 g/mol. The van der Waals surface area contributed by atoms with E-state index in [4.69, 9.17) is 21.4 Å². The highest BCUT2D eigenvalue weighted by Gasteiger charge is 2.39. The fourth-order valence-corrected chi connectivity index (χ4v) is 4.73. The lowest BCUT2D eigenvalue weighted by atomic mass is 9.89. The van der Waals surface area contributed by atoms with Gasteiger partial charge >= 0.3 is 5.97 Å². The van der Waals surface area contributed by atoms with Crippen LogP contribution in [0.1, 0.15) is 48.7 Å². The molecule has 3 aromatic carbocycles. The number of carboxylic acids is 1. The molecule has 1 N–H and O–H groups in total. The van der Waals surface area contributed by atoms with E-state index in [1.54, 1.807) is 59.2 Å². The van der Waals surface area contributed by atoms with Gasteiger partial charge < -0.3 is 19.6 Å². The lowest BCUT2D eigenvalue weighted by Gasteiger charge is -2.43. The van der Waals surface area contributed by atoms with Crippen LogP contribution in [0, 0.1) is 5.82 Å². The highest BCUT2D eigenvalue weighted by Crippen LogP contribution is 2.44. The molecule has 0 spiro atoms. The number of benzene rings is 3. The number of rotatable bonds is 7. The molecule has 9 heteroatoms. The summed E-state index contributed by atoms with van der Waals surface area (Å²) in [5.41, 5.74) is 2.16. The second-order valence-corrected chi connectivity index (χ2v) is 9.22. The van der Waals surface area contributed by atoms with Gasteiger partial charge in [0.15, 0.2) is 6.61 Å². The summed E-state index contributed by atoms with van der Waals surface area (Å²) in [5.74, 6) is -1.71. The van der Waals surface area contributed by atoms with Crippen molar-refractivity contribution in [2.45, 2.75) is 38.8 Å². The van der Waals surface area contributed by atoms with Crippen LogP contribution in [-0.4, -0.2) is 35.5 Å². The van der Waals surface area contributed by atoms with Crippen molar-refractivity contribution in [2.75, 3.05) is 16.4 Å². The highest BCUT2D eigenvalue weighted by atomic mass is 35.5. The molecule has 0 radical (unpaired) electrons. The molecular formula is C28H26ClFN2O5. The maximum atomic E-state index is 13.6. The van der Waals surface area contributed by atoms with E-state index in [0.717, 1.165) is 0 Å². The van der Waals surface area contributed by atoms with Crippen LogP contribution in [0.3, 0.4) is 0 Å². The minimum atomic E-state index is -1.13. The summed E-state index contributed by atoms with van der Waals surface area (Å²) in [6, 6.07) is 16.4. The topological polar surface area (TPSA) is 87.2 Å². The van der Waals surface area contributed by atoms with E-state index in [1.807, 2.05) is 6.92 Å². The van der Waals surface area contributed by atoms with Gasteiger partial charge in [-0.3, -0.25) is 9.59 Å². The zero-order chi connectivity index (χ0) is 26.7. The van der Waals surface area contributed by atoms with Gasteiger partial charge in [-0.2, -0.15) is 0 Å². The molecule has 3 aromatic rings. The number of carbonyl (C=O) groups is 3. The van der Waals surface area contributed by atoms with Crippen LogP contribution < -0.4 is 14.5 Å². The summed E-state index contributed by atoms with van der Waals surface area (Å²) in [6.07, 6.45) is 0.646. The predicted molar refractivity (Wildman–Crippen MR) is 139 cm³/mol. The number of fused-ring (bicyclic) bond motifs is 1. The van der Waals surface area contributed by atoms with Crippen molar-refractivity contribution >= 4 is 40.8 Å². The van der Waals surface area contributed by atoms with Gasteiger partial charge in [-0.15, -0.1) is 0 Å². The Kier molecular flexibility index (Phi) is 7.78. The van der Waals surface area contributed by atoms with Crippen LogP contribution in [0.15, 0.2) is 66.7 Å². The van der Waals surface area contributed by atoms with E-state index in [2.05, 4.69) is 0 Å². The van der Waals surface area contributed by atoms with E-state index in [9.17, 15) is 18.8 Å². The Hall–Kier alpha value is -3.91. The number of amides is 2. The fraction of sp³-hybridized carbons (Fsp3) is 0.250. The third-order valence-corrected chi connectivity index (χ3v) is 6.53. The third kappa shape index (κ3) is 5.59. The van der Waals surface area contributed by atoms with Crippen LogP contribution in [0.2, 0.25) is 5.02 Å². The van der Waals surface area contributed by atoms with Crippen molar-refractivity contribution in [3.05, 3.63) is 88.7 Å². The summed E-state index contributed by atoms with van der Waals surface area (Å²) >= 11 is 6.09. The molecule has 0 aromatic heterocycles. The van der Waals surface area contributed by atoms with Gasteiger partial charge in [0.1, 0.15) is 11.6 Å². The van der Waals surface area contributed by atoms with Crippen molar-refractivity contribution in [1.82, 2.24) is 0 Å². The molecule has 0 fully saturated rings. The Morgan fingerprint density at radius 2 is 1.76 bits per heavy atom. The normalized spacial score (nSPS) is 16.6. The SMILES string of the molecule is CCC(=O)N(c1ccc(Cl)cc1)C1CC(C)N(C(=O)c2ccc(F)cc2)c2ccc(OCC(=O)O)cc21. The average Bonchev–Trinajstić information content (AvgIpc) is 2.88. The van der Waals surface area contributed by atoms with Crippen LogP contribution in [0.25, 0.3) is 0 Å². The summed E-state index contributed by atoms with van der Waals surface area (Å²) in [7, 11) is 0. The number of anilines is 2.